The minimum absolute atomic E-state index is 0.104. The second kappa shape index (κ2) is 7.87. The van der Waals surface area contributed by atoms with Crippen molar-refractivity contribution in [3.8, 4) is 0 Å². The molecule has 1 N–H and O–H groups in total. The first kappa shape index (κ1) is 19.0. The molecule has 0 radical (unpaired) electrons. The second-order valence-corrected chi connectivity index (χ2v) is 7.17. The van der Waals surface area contributed by atoms with Gasteiger partial charge in [-0.15, -0.1) is 11.8 Å². The maximum Gasteiger partial charge on any atom is 0.308 e. The monoisotopic (exact) mass is 391 g/mol. The molecule has 2 atom stereocenters. The Labute approximate surface area is 158 Å². The lowest BCUT2D eigenvalue weighted by Crippen LogP contribution is -2.33. The number of rotatable bonds is 5. The van der Waals surface area contributed by atoms with Crippen LogP contribution in [0.4, 0.5) is 14.5 Å². The quantitative estimate of drug-likeness (QED) is 0.623. The van der Waals surface area contributed by atoms with E-state index in [-0.39, 0.29) is 17.9 Å². The van der Waals surface area contributed by atoms with E-state index in [0.717, 1.165) is 23.1 Å². The molecule has 2 aromatic rings. The van der Waals surface area contributed by atoms with E-state index in [4.69, 9.17) is 4.74 Å². The van der Waals surface area contributed by atoms with Crippen molar-refractivity contribution in [3.63, 3.8) is 0 Å². The van der Waals surface area contributed by atoms with Crippen molar-refractivity contribution >= 4 is 35.1 Å². The van der Waals surface area contributed by atoms with Crippen LogP contribution in [0.5, 0.6) is 0 Å². The highest BCUT2D eigenvalue weighted by atomic mass is 32.2. The van der Waals surface area contributed by atoms with Crippen molar-refractivity contribution < 1.29 is 27.9 Å². The van der Waals surface area contributed by atoms with E-state index in [0.29, 0.717) is 5.69 Å². The molecule has 2 aromatic carbocycles. The summed E-state index contributed by atoms with van der Waals surface area (Å²) in [6.45, 7) is 1.34. The molecule has 0 spiro atoms. The van der Waals surface area contributed by atoms with Crippen molar-refractivity contribution in [3.05, 3.63) is 59.7 Å². The lowest BCUT2D eigenvalue weighted by molar-refractivity contribution is -0.147. The fourth-order valence-corrected chi connectivity index (χ4v) is 3.66. The third-order valence-corrected chi connectivity index (χ3v) is 5.22. The molecule has 5 nitrogen and oxygen atoms in total. The number of Topliss-reactive ketones (excluding diaryl/α,β-unsaturated/α-hetero) is 1. The van der Waals surface area contributed by atoms with Crippen molar-refractivity contribution in [2.45, 2.75) is 29.6 Å². The molecule has 0 bridgehead atoms. The van der Waals surface area contributed by atoms with E-state index >= 15 is 0 Å². The zero-order valence-electron chi connectivity index (χ0n) is 14.2. The number of nitrogens with one attached hydrogen (secondary N) is 1. The van der Waals surface area contributed by atoms with E-state index < -0.39 is 34.7 Å². The number of thioether (sulfide) groups is 1. The summed E-state index contributed by atoms with van der Waals surface area (Å²) < 4.78 is 31.3. The average molecular weight is 391 g/mol. The largest absolute Gasteiger partial charge is 0.454 e. The van der Waals surface area contributed by atoms with Gasteiger partial charge in [0.25, 0.3) is 0 Å². The zero-order valence-corrected chi connectivity index (χ0v) is 15.0. The smallest absolute Gasteiger partial charge is 0.308 e. The second-order valence-electron chi connectivity index (χ2n) is 5.92. The van der Waals surface area contributed by atoms with Gasteiger partial charge in [0.1, 0.15) is 0 Å². The first-order valence-electron chi connectivity index (χ1n) is 8.10. The Morgan fingerprint density at radius 3 is 2.67 bits per heavy atom. The molecule has 0 aromatic heterocycles. The van der Waals surface area contributed by atoms with Crippen LogP contribution in [0.1, 0.15) is 23.7 Å². The number of para-hydroxylation sites is 1. The summed E-state index contributed by atoms with van der Waals surface area (Å²) in [5, 5.41) is 2.03. The summed E-state index contributed by atoms with van der Waals surface area (Å²) in [5.74, 6) is -3.95. The molecular formula is C19H15F2NO4S. The van der Waals surface area contributed by atoms with Crippen LogP contribution in [0, 0.1) is 11.6 Å². The van der Waals surface area contributed by atoms with E-state index in [1.54, 1.807) is 12.1 Å². The van der Waals surface area contributed by atoms with Crippen LogP contribution in [0.15, 0.2) is 47.4 Å². The van der Waals surface area contributed by atoms with Crippen LogP contribution in [-0.2, 0) is 14.3 Å². The van der Waals surface area contributed by atoms with Gasteiger partial charge in [0.05, 0.1) is 17.4 Å². The number of benzene rings is 2. The van der Waals surface area contributed by atoms with Gasteiger partial charge in [-0.05, 0) is 37.3 Å². The van der Waals surface area contributed by atoms with Crippen LogP contribution in [-0.4, -0.2) is 29.0 Å². The number of fused-ring (bicyclic) bond motifs is 1. The first-order valence-corrected chi connectivity index (χ1v) is 8.98. The Bertz CT molecular complexity index is 918. The van der Waals surface area contributed by atoms with Gasteiger partial charge in [0.2, 0.25) is 11.7 Å². The van der Waals surface area contributed by atoms with Gasteiger partial charge < -0.3 is 10.1 Å². The lowest BCUT2D eigenvalue weighted by Gasteiger charge is -2.23. The molecule has 8 heteroatoms. The molecule has 27 heavy (non-hydrogen) atoms. The number of halogens is 2. The maximum absolute atomic E-state index is 13.3. The number of ether oxygens (including phenoxy) is 1. The van der Waals surface area contributed by atoms with E-state index in [1.807, 2.05) is 12.1 Å². The number of carbonyl (C=O) groups excluding carboxylic acids is 3. The summed E-state index contributed by atoms with van der Waals surface area (Å²) in [7, 11) is 0. The average Bonchev–Trinajstić information content (AvgIpc) is 2.64. The van der Waals surface area contributed by atoms with Crippen LogP contribution in [0.25, 0.3) is 0 Å². The standard InChI is InChI=1S/C19H15F2NO4S/c1-10(18(24)11-6-7-12(20)13(21)8-11)26-17(23)9-16-19(25)22-14-4-2-3-5-15(14)27-16/h2-8,10,16H,9H2,1H3,(H,22,25)/t10-,16-/m0/s1. The molecule has 1 aliphatic rings. The molecule has 0 fully saturated rings. The number of amides is 1. The molecule has 140 valence electrons. The van der Waals surface area contributed by atoms with Gasteiger partial charge in [0, 0.05) is 10.5 Å². The van der Waals surface area contributed by atoms with Gasteiger partial charge >= 0.3 is 5.97 Å². The number of hydrogen-bond acceptors (Lipinski definition) is 5. The van der Waals surface area contributed by atoms with Gasteiger partial charge in [-0.1, -0.05) is 12.1 Å². The van der Waals surface area contributed by atoms with Crippen LogP contribution in [0.2, 0.25) is 0 Å². The number of ketones is 1. The Morgan fingerprint density at radius 2 is 1.93 bits per heavy atom. The third kappa shape index (κ3) is 4.33. The minimum Gasteiger partial charge on any atom is -0.454 e. The van der Waals surface area contributed by atoms with E-state index in [2.05, 4.69) is 5.32 Å². The summed E-state index contributed by atoms with van der Waals surface area (Å²) in [6.07, 6.45) is -1.41. The van der Waals surface area contributed by atoms with Crippen LogP contribution >= 0.6 is 11.8 Å². The van der Waals surface area contributed by atoms with Gasteiger partial charge in [-0.3, -0.25) is 14.4 Å². The van der Waals surface area contributed by atoms with Gasteiger partial charge in [0.15, 0.2) is 17.7 Å². The zero-order chi connectivity index (χ0) is 19.6. The molecule has 0 aliphatic carbocycles. The summed E-state index contributed by atoms with van der Waals surface area (Å²) in [6, 6.07) is 9.90. The van der Waals surface area contributed by atoms with E-state index in [9.17, 15) is 23.2 Å². The Kier molecular flexibility index (Phi) is 5.55. The van der Waals surface area contributed by atoms with Crippen molar-refractivity contribution in [1.29, 1.82) is 0 Å². The fourth-order valence-electron chi connectivity index (χ4n) is 2.56. The summed E-state index contributed by atoms with van der Waals surface area (Å²) in [5.41, 5.74) is 0.576. The first-order chi connectivity index (χ1) is 12.8. The molecule has 1 aliphatic heterocycles. The lowest BCUT2D eigenvalue weighted by atomic mass is 10.1. The highest BCUT2D eigenvalue weighted by Gasteiger charge is 2.30. The Hall–Kier alpha value is -2.74. The predicted molar refractivity (Wildman–Crippen MR) is 95.6 cm³/mol. The molecule has 0 unspecified atom stereocenters. The van der Waals surface area contributed by atoms with Crippen LogP contribution in [0.3, 0.4) is 0 Å². The number of anilines is 1. The molecule has 0 saturated carbocycles. The third-order valence-electron chi connectivity index (χ3n) is 3.94. The molecule has 1 heterocycles. The van der Waals surface area contributed by atoms with Crippen molar-refractivity contribution in [2.24, 2.45) is 0 Å². The maximum atomic E-state index is 13.3. The predicted octanol–water partition coefficient (Wildman–Crippen LogP) is 3.58. The fraction of sp³-hybridized carbons (Fsp3) is 0.211. The van der Waals surface area contributed by atoms with E-state index in [1.165, 1.54) is 18.7 Å². The molecular weight excluding hydrogens is 376 g/mol. The SMILES string of the molecule is C[C@H](OC(=O)C[C@@H]1Sc2ccccc2NC1=O)C(=O)c1ccc(F)c(F)c1. The number of esters is 1. The Balaban J connectivity index is 1.61. The molecule has 1 amide bonds. The summed E-state index contributed by atoms with van der Waals surface area (Å²) >= 11 is 1.24. The summed E-state index contributed by atoms with van der Waals surface area (Å²) in [4.78, 5) is 37.3. The normalized spacial score (nSPS) is 16.9. The topological polar surface area (TPSA) is 72.5 Å². The number of carbonyl (C=O) groups is 3. The highest BCUT2D eigenvalue weighted by molar-refractivity contribution is 8.01. The van der Waals surface area contributed by atoms with Gasteiger partial charge in [-0.25, -0.2) is 8.78 Å². The number of hydrogen-bond donors (Lipinski definition) is 1. The highest BCUT2D eigenvalue weighted by Crippen LogP contribution is 2.36. The minimum atomic E-state index is -1.19. The van der Waals surface area contributed by atoms with Crippen molar-refractivity contribution in [2.75, 3.05) is 5.32 Å². The van der Waals surface area contributed by atoms with Gasteiger partial charge in [-0.2, -0.15) is 0 Å². The van der Waals surface area contributed by atoms with Crippen molar-refractivity contribution in [1.82, 2.24) is 0 Å². The van der Waals surface area contributed by atoms with Crippen LogP contribution < -0.4 is 5.32 Å². The Morgan fingerprint density at radius 1 is 1.19 bits per heavy atom. The molecule has 0 saturated heterocycles. The molecule has 3 rings (SSSR count).